The lowest BCUT2D eigenvalue weighted by Crippen LogP contribution is -2.41. The van der Waals surface area contributed by atoms with Crippen LogP contribution in [0.4, 0.5) is 0 Å². The van der Waals surface area contributed by atoms with Gasteiger partial charge in [0.2, 0.25) is 10.0 Å². The van der Waals surface area contributed by atoms with E-state index in [0.717, 1.165) is 5.56 Å². The van der Waals surface area contributed by atoms with Gasteiger partial charge in [0.25, 0.3) is 0 Å². The molecule has 0 aliphatic carbocycles. The van der Waals surface area contributed by atoms with Gasteiger partial charge in [0.05, 0.1) is 5.75 Å². The molecule has 1 rings (SSSR count). The summed E-state index contributed by atoms with van der Waals surface area (Å²) < 4.78 is 26.1. The zero-order valence-electron chi connectivity index (χ0n) is 11.0. The number of aryl methyl sites for hydroxylation is 1. The molecule has 5 heteroatoms. The van der Waals surface area contributed by atoms with Crippen LogP contribution in [0.5, 0.6) is 0 Å². The van der Waals surface area contributed by atoms with E-state index in [4.69, 9.17) is 5.73 Å². The molecule has 0 aliphatic heterocycles. The first kappa shape index (κ1) is 15.1. The molecular formula is C13H22N2O2S. The Kier molecular flexibility index (Phi) is 5.78. The quantitative estimate of drug-likeness (QED) is 0.780. The highest BCUT2D eigenvalue weighted by Crippen LogP contribution is 2.02. The van der Waals surface area contributed by atoms with Crippen LogP contribution in [0, 0.1) is 5.92 Å². The summed E-state index contributed by atoms with van der Waals surface area (Å²) in [6.07, 6.45) is 0.521. The second kappa shape index (κ2) is 6.87. The molecule has 0 amide bonds. The molecule has 1 aromatic rings. The molecule has 0 spiro atoms. The van der Waals surface area contributed by atoms with E-state index in [1.165, 1.54) is 0 Å². The average molecular weight is 270 g/mol. The number of hydrogen-bond acceptors (Lipinski definition) is 3. The third-order valence-corrected chi connectivity index (χ3v) is 4.25. The van der Waals surface area contributed by atoms with Crippen LogP contribution in [0.1, 0.15) is 19.4 Å². The van der Waals surface area contributed by atoms with Crippen LogP contribution in [0.2, 0.25) is 0 Å². The van der Waals surface area contributed by atoms with Crippen molar-refractivity contribution in [3.8, 4) is 0 Å². The van der Waals surface area contributed by atoms with E-state index in [2.05, 4.69) is 4.72 Å². The summed E-state index contributed by atoms with van der Waals surface area (Å²) in [5.41, 5.74) is 6.83. The molecule has 4 nitrogen and oxygen atoms in total. The number of hydrogen-bond donors (Lipinski definition) is 2. The molecule has 102 valence electrons. The van der Waals surface area contributed by atoms with E-state index in [1.807, 2.05) is 44.2 Å². The summed E-state index contributed by atoms with van der Waals surface area (Å²) in [6, 6.07) is 9.44. The molecule has 1 atom stereocenters. The van der Waals surface area contributed by atoms with Crippen LogP contribution in [0.15, 0.2) is 30.3 Å². The Bertz CT molecular complexity index is 443. The maximum Gasteiger partial charge on any atom is 0.211 e. The van der Waals surface area contributed by atoms with Crippen molar-refractivity contribution in [1.29, 1.82) is 0 Å². The van der Waals surface area contributed by atoms with Gasteiger partial charge in [-0.2, -0.15) is 0 Å². The zero-order chi connectivity index (χ0) is 13.6. The molecule has 0 aliphatic rings. The number of sulfonamides is 1. The van der Waals surface area contributed by atoms with Gasteiger partial charge in [0.15, 0.2) is 0 Å². The fourth-order valence-electron chi connectivity index (χ4n) is 1.43. The van der Waals surface area contributed by atoms with Crippen molar-refractivity contribution in [2.24, 2.45) is 11.7 Å². The fourth-order valence-corrected chi connectivity index (χ4v) is 2.52. The van der Waals surface area contributed by atoms with Crippen LogP contribution in [-0.4, -0.2) is 26.8 Å². The smallest absolute Gasteiger partial charge is 0.211 e. The molecule has 0 saturated carbocycles. The van der Waals surface area contributed by atoms with E-state index in [9.17, 15) is 8.42 Å². The third kappa shape index (κ3) is 5.62. The second-order valence-electron chi connectivity index (χ2n) is 4.81. The summed E-state index contributed by atoms with van der Waals surface area (Å²) in [7, 11) is -3.24. The predicted molar refractivity (Wildman–Crippen MR) is 74.7 cm³/mol. The minimum Gasteiger partial charge on any atom is -0.326 e. The molecule has 0 radical (unpaired) electrons. The van der Waals surface area contributed by atoms with E-state index in [-0.39, 0.29) is 17.7 Å². The monoisotopic (exact) mass is 270 g/mol. The summed E-state index contributed by atoms with van der Waals surface area (Å²) in [4.78, 5) is 0. The van der Waals surface area contributed by atoms with Crippen molar-refractivity contribution in [3.05, 3.63) is 35.9 Å². The van der Waals surface area contributed by atoms with Crippen molar-refractivity contribution in [2.75, 3.05) is 12.3 Å². The summed E-state index contributed by atoms with van der Waals surface area (Å²) in [5.74, 6) is 0.365. The Hall–Kier alpha value is -0.910. The van der Waals surface area contributed by atoms with Crippen molar-refractivity contribution in [3.63, 3.8) is 0 Å². The van der Waals surface area contributed by atoms with Gasteiger partial charge in [-0.15, -0.1) is 0 Å². The number of benzene rings is 1. The van der Waals surface area contributed by atoms with Crippen LogP contribution in [0.25, 0.3) is 0 Å². The SMILES string of the molecule is CC(C)C(N)CNS(=O)(=O)CCc1ccccc1. The van der Waals surface area contributed by atoms with E-state index < -0.39 is 10.0 Å². The first-order valence-corrected chi connectivity index (χ1v) is 7.83. The molecule has 0 saturated heterocycles. The summed E-state index contributed by atoms with van der Waals surface area (Å²) >= 11 is 0. The van der Waals surface area contributed by atoms with Crippen molar-refractivity contribution < 1.29 is 8.42 Å². The Morgan fingerprint density at radius 1 is 1.22 bits per heavy atom. The Morgan fingerprint density at radius 3 is 2.39 bits per heavy atom. The molecule has 1 unspecified atom stereocenters. The first-order valence-electron chi connectivity index (χ1n) is 6.17. The predicted octanol–water partition coefficient (Wildman–Crippen LogP) is 1.13. The lowest BCUT2D eigenvalue weighted by molar-refractivity contribution is 0.481. The van der Waals surface area contributed by atoms with Gasteiger partial charge < -0.3 is 5.73 Å². The summed E-state index contributed by atoms with van der Waals surface area (Å²) in [5, 5.41) is 0. The highest BCUT2D eigenvalue weighted by Gasteiger charge is 2.14. The maximum atomic E-state index is 11.8. The van der Waals surface area contributed by atoms with Gasteiger partial charge in [-0.1, -0.05) is 44.2 Å². The fraction of sp³-hybridized carbons (Fsp3) is 0.538. The Morgan fingerprint density at radius 2 is 1.83 bits per heavy atom. The average Bonchev–Trinajstić information content (AvgIpc) is 2.35. The number of nitrogens with two attached hydrogens (primary N) is 1. The van der Waals surface area contributed by atoms with Gasteiger partial charge in [0, 0.05) is 12.6 Å². The van der Waals surface area contributed by atoms with Gasteiger partial charge in [-0.05, 0) is 17.9 Å². The lowest BCUT2D eigenvalue weighted by Gasteiger charge is -2.16. The standard InChI is InChI=1S/C13H22N2O2S/c1-11(2)13(14)10-15-18(16,17)9-8-12-6-4-3-5-7-12/h3-7,11,13,15H,8-10,14H2,1-2H3. The molecule has 0 heterocycles. The minimum absolute atomic E-state index is 0.0990. The number of nitrogens with one attached hydrogen (secondary N) is 1. The van der Waals surface area contributed by atoms with Gasteiger partial charge in [0.1, 0.15) is 0 Å². The molecule has 18 heavy (non-hydrogen) atoms. The molecule has 0 fully saturated rings. The van der Waals surface area contributed by atoms with Crippen molar-refractivity contribution >= 4 is 10.0 Å². The molecular weight excluding hydrogens is 248 g/mol. The lowest BCUT2D eigenvalue weighted by atomic mass is 10.1. The van der Waals surface area contributed by atoms with Crippen LogP contribution in [-0.2, 0) is 16.4 Å². The summed E-state index contributed by atoms with van der Waals surface area (Å²) in [6.45, 7) is 4.25. The van der Waals surface area contributed by atoms with Crippen molar-refractivity contribution in [1.82, 2.24) is 4.72 Å². The van der Waals surface area contributed by atoms with Crippen LogP contribution >= 0.6 is 0 Å². The van der Waals surface area contributed by atoms with Gasteiger partial charge in [-0.3, -0.25) is 0 Å². The topological polar surface area (TPSA) is 72.2 Å². The molecule has 0 bridgehead atoms. The number of rotatable bonds is 7. The Balaban J connectivity index is 2.41. The minimum atomic E-state index is -3.24. The van der Waals surface area contributed by atoms with Crippen LogP contribution < -0.4 is 10.5 Å². The van der Waals surface area contributed by atoms with Crippen LogP contribution in [0.3, 0.4) is 0 Å². The third-order valence-electron chi connectivity index (χ3n) is 2.90. The highest BCUT2D eigenvalue weighted by atomic mass is 32.2. The normalized spacial score (nSPS) is 13.8. The molecule has 0 aromatic heterocycles. The Labute approximate surface area is 110 Å². The van der Waals surface area contributed by atoms with E-state index in [0.29, 0.717) is 13.0 Å². The van der Waals surface area contributed by atoms with Gasteiger partial charge in [-0.25, -0.2) is 13.1 Å². The van der Waals surface area contributed by atoms with E-state index in [1.54, 1.807) is 0 Å². The van der Waals surface area contributed by atoms with E-state index >= 15 is 0 Å². The first-order chi connectivity index (χ1) is 8.41. The maximum absolute atomic E-state index is 11.8. The highest BCUT2D eigenvalue weighted by molar-refractivity contribution is 7.89. The molecule has 3 N–H and O–H groups in total. The molecule has 1 aromatic carbocycles. The van der Waals surface area contributed by atoms with Crippen molar-refractivity contribution in [2.45, 2.75) is 26.3 Å². The zero-order valence-corrected chi connectivity index (χ0v) is 11.8. The largest absolute Gasteiger partial charge is 0.326 e. The second-order valence-corrected chi connectivity index (χ2v) is 6.74. The van der Waals surface area contributed by atoms with Gasteiger partial charge >= 0.3 is 0 Å².